The van der Waals surface area contributed by atoms with E-state index in [4.69, 9.17) is 5.11 Å². The average molecular weight is 258 g/mol. The molecule has 2 amide bonds. The first-order valence-corrected chi connectivity index (χ1v) is 6.17. The van der Waals surface area contributed by atoms with Crippen molar-refractivity contribution >= 4 is 17.8 Å². The summed E-state index contributed by atoms with van der Waals surface area (Å²) in [6.45, 7) is 5.96. The van der Waals surface area contributed by atoms with Crippen molar-refractivity contribution in [3.8, 4) is 0 Å². The van der Waals surface area contributed by atoms with Gasteiger partial charge in [0.25, 0.3) is 0 Å². The van der Waals surface area contributed by atoms with Gasteiger partial charge in [-0.1, -0.05) is 20.8 Å². The second kappa shape index (κ2) is 8.49. The summed E-state index contributed by atoms with van der Waals surface area (Å²) < 4.78 is 0. The maximum atomic E-state index is 11.5. The number of nitrogens with one attached hydrogen (secondary N) is 2. The molecule has 0 spiro atoms. The van der Waals surface area contributed by atoms with Gasteiger partial charge in [0, 0.05) is 19.4 Å². The Hall–Kier alpha value is -1.59. The molecule has 0 aromatic rings. The van der Waals surface area contributed by atoms with E-state index in [1.54, 1.807) is 13.8 Å². The van der Waals surface area contributed by atoms with Gasteiger partial charge in [-0.05, 0) is 12.3 Å². The van der Waals surface area contributed by atoms with Gasteiger partial charge < -0.3 is 15.7 Å². The highest BCUT2D eigenvalue weighted by Gasteiger charge is 2.23. The number of carboxylic acid groups (broad SMARTS) is 1. The lowest BCUT2D eigenvalue weighted by Gasteiger charge is -2.17. The minimum atomic E-state index is -1.06. The molecule has 3 N–H and O–H groups in total. The summed E-state index contributed by atoms with van der Waals surface area (Å²) in [6, 6.07) is -0.906. The van der Waals surface area contributed by atoms with Crippen LogP contribution in [0.1, 0.15) is 40.0 Å². The van der Waals surface area contributed by atoms with Crippen LogP contribution in [0, 0.1) is 5.92 Å². The van der Waals surface area contributed by atoms with E-state index >= 15 is 0 Å². The minimum Gasteiger partial charge on any atom is -0.480 e. The van der Waals surface area contributed by atoms with Crippen molar-refractivity contribution in [2.45, 2.75) is 46.1 Å². The standard InChI is InChI=1S/C12H22N2O4/c1-4-7-13-9(15)5-6-10(16)14-11(8(2)3)12(17)18/h8,11H,4-7H2,1-3H3,(H,13,15)(H,14,16)(H,17,18). The SMILES string of the molecule is CCCNC(=O)CCC(=O)NC(C(=O)O)C(C)C. The molecule has 18 heavy (non-hydrogen) atoms. The first kappa shape index (κ1) is 16.4. The summed E-state index contributed by atoms with van der Waals surface area (Å²) in [5, 5.41) is 14.0. The quantitative estimate of drug-likeness (QED) is 0.591. The second-order valence-electron chi connectivity index (χ2n) is 4.48. The first-order valence-electron chi connectivity index (χ1n) is 6.17. The molecular formula is C12H22N2O4. The van der Waals surface area contributed by atoms with Crippen molar-refractivity contribution in [2.75, 3.05) is 6.54 Å². The second-order valence-corrected chi connectivity index (χ2v) is 4.48. The molecule has 1 atom stereocenters. The normalized spacial score (nSPS) is 12.0. The van der Waals surface area contributed by atoms with Crippen LogP contribution in [0.2, 0.25) is 0 Å². The Morgan fingerprint density at radius 1 is 1.11 bits per heavy atom. The lowest BCUT2D eigenvalue weighted by Crippen LogP contribution is -2.44. The van der Waals surface area contributed by atoms with Crippen molar-refractivity contribution in [1.29, 1.82) is 0 Å². The Morgan fingerprint density at radius 3 is 2.11 bits per heavy atom. The third-order valence-corrected chi connectivity index (χ3v) is 2.40. The van der Waals surface area contributed by atoms with Crippen LogP contribution >= 0.6 is 0 Å². The molecule has 1 unspecified atom stereocenters. The monoisotopic (exact) mass is 258 g/mol. The zero-order valence-electron chi connectivity index (χ0n) is 11.2. The predicted octanol–water partition coefficient (Wildman–Crippen LogP) is 0.518. The van der Waals surface area contributed by atoms with Crippen LogP contribution in [0.15, 0.2) is 0 Å². The Balaban J connectivity index is 4.03. The molecule has 0 aliphatic rings. The van der Waals surface area contributed by atoms with Gasteiger partial charge in [0.2, 0.25) is 11.8 Å². The predicted molar refractivity (Wildman–Crippen MR) is 66.9 cm³/mol. The number of hydrogen-bond acceptors (Lipinski definition) is 3. The van der Waals surface area contributed by atoms with Gasteiger partial charge in [-0.15, -0.1) is 0 Å². The van der Waals surface area contributed by atoms with Gasteiger partial charge >= 0.3 is 5.97 Å². The fourth-order valence-corrected chi connectivity index (χ4v) is 1.34. The van der Waals surface area contributed by atoms with Gasteiger partial charge in [-0.2, -0.15) is 0 Å². The zero-order valence-corrected chi connectivity index (χ0v) is 11.2. The van der Waals surface area contributed by atoms with E-state index in [2.05, 4.69) is 10.6 Å². The number of hydrogen-bond donors (Lipinski definition) is 3. The number of rotatable bonds is 8. The van der Waals surface area contributed by atoms with Crippen molar-refractivity contribution in [1.82, 2.24) is 10.6 Å². The molecule has 0 rings (SSSR count). The molecule has 6 nitrogen and oxygen atoms in total. The zero-order chi connectivity index (χ0) is 14.1. The largest absolute Gasteiger partial charge is 0.480 e. The molecular weight excluding hydrogens is 236 g/mol. The fraction of sp³-hybridized carbons (Fsp3) is 0.750. The first-order chi connectivity index (χ1) is 8.38. The van der Waals surface area contributed by atoms with E-state index < -0.39 is 17.9 Å². The molecule has 0 fully saturated rings. The maximum Gasteiger partial charge on any atom is 0.326 e. The molecule has 0 bridgehead atoms. The average Bonchev–Trinajstić information content (AvgIpc) is 2.29. The topological polar surface area (TPSA) is 95.5 Å². The van der Waals surface area contributed by atoms with Gasteiger partial charge in [0.1, 0.15) is 6.04 Å². The van der Waals surface area contributed by atoms with Crippen molar-refractivity contribution < 1.29 is 19.5 Å². The molecule has 104 valence electrons. The number of carbonyl (C=O) groups excluding carboxylic acids is 2. The molecule has 0 saturated carbocycles. The highest BCUT2D eigenvalue weighted by atomic mass is 16.4. The van der Waals surface area contributed by atoms with Crippen LogP contribution in [0.25, 0.3) is 0 Å². The molecule has 0 heterocycles. The Kier molecular flexibility index (Phi) is 7.74. The van der Waals surface area contributed by atoms with Gasteiger partial charge in [-0.3, -0.25) is 9.59 Å². The number of aliphatic carboxylic acids is 1. The van der Waals surface area contributed by atoms with E-state index in [1.807, 2.05) is 6.92 Å². The molecule has 0 aliphatic carbocycles. The van der Waals surface area contributed by atoms with E-state index in [9.17, 15) is 14.4 Å². The molecule has 0 radical (unpaired) electrons. The molecule has 0 saturated heterocycles. The van der Waals surface area contributed by atoms with E-state index in [0.717, 1.165) is 6.42 Å². The summed E-state index contributed by atoms with van der Waals surface area (Å²) in [5.41, 5.74) is 0. The summed E-state index contributed by atoms with van der Waals surface area (Å²) >= 11 is 0. The van der Waals surface area contributed by atoms with Crippen molar-refractivity contribution in [3.05, 3.63) is 0 Å². The maximum absolute atomic E-state index is 11.5. The highest BCUT2D eigenvalue weighted by molar-refractivity contribution is 5.86. The summed E-state index contributed by atoms with van der Waals surface area (Å²) in [4.78, 5) is 33.6. The third-order valence-electron chi connectivity index (χ3n) is 2.40. The highest BCUT2D eigenvalue weighted by Crippen LogP contribution is 2.02. The van der Waals surface area contributed by atoms with Crippen molar-refractivity contribution in [3.63, 3.8) is 0 Å². The molecule has 0 aromatic heterocycles. The van der Waals surface area contributed by atoms with Gasteiger partial charge in [-0.25, -0.2) is 4.79 Å². The Morgan fingerprint density at radius 2 is 1.67 bits per heavy atom. The lowest BCUT2D eigenvalue weighted by molar-refractivity contribution is -0.143. The number of carboxylic acids is 1. The minimum absolute atomic E-state index is 0.00600. The Labute approximate surface area is 107 Å². The molecule has 0 aliphatic heterocycles. The molecule has 6 heteroatoms. The smallest absolute Gasteiger partial charge is 0.326 e. The molecule has 0 aromatic carbocycles. The van der Waals surface area contributed by atoms with Crippen LogP contribution in [0.3, 0.4) is 0 Å². The third kappa shape index (κ3) is 6.88. The van der Waals surface area contributed by atoms with Gasteiger partial charge in [0.05, 0.1) is 0 Å². The fourth-order valence-electron chi connectivity index (χ4n) is 1.34. The van der Waals surface area contributed by atoms with Crippen LogP contribution in [-0.2, 0) is 14.4 Å². The summed E-state index contributed by atoms with van der Waals surface area (Å²) in [7, 11) is 0. The van der Waals surface area contributed by atoms with E-state index in [0.29, 0.717) is 6.54 Å². The summed E-state index contributed by atoms with van der Waals surface area (Å²) in [6.07, 6.45) is 0.925. The van der Waals surface area contributed by atoms with Crippen LogP contribution in [0.5, 0.6) is 0 Å². The number of carbonyl (C=O) groups is 3. The van der Waals surface area contributed by atoms with Crippen LogP contribution < -0.4 is 10.6 Å². The lowest BCUT2D eigenvalue weighted by atomic mass is 10.0. The van der Waals surface area contributed by atoms with Gasteiger partial charge in [0.15, 0.2) is 0 Å². The van der Waals surface area contributed by atoms with E-state index in [1.165, 1.54) is 0 Å². The van der Waals surface area contributed by atoms with Crippen molar-refractivity contribution in [2.24, 2.45) is 5.92 Å². The Bertz CT molecular complexity index is 302. The summed E-state index contributed by atoms with van der Waals surface area (Å²) in [5.74, 6) is -1.86. The van der Waals surface area contributed by atoms with Crippen LogP contribution in [0.4, 0.5) is 0 Å². The van der Waals surface area contributed by atoms with Crippen LogP contribution in [-0.4, -0.2) is 35.5 Å². The van der Waals surface area contributed by atoms with E-state index in [-0.39, 0.29) is 24.7 Å². The number of amides is 2.